The number of carbonyl (C=O) groups is 1. The van der Waals surface area contributed by atoms with E-state index in [1.807, 2.05) is 24.3 Å². The van der Waals surface area contributed by atoms with E-state index in [1.165, 1.54) is 10.9 Å². The Balaban J connectivity index is 1.59. The smallest absolute Gasteiger partial charge is 0.267 e. The predicted octanol–water partition coefficient (Wildman–Crippen LogP) is 3.29. The van der Waals surface area contributed by atoms with Crippen LogP contribution in [0.5, 0.6) is 0 Å². The monoisotopic (exact) mass is 414 g/mol. The minimum absolute atomic E-state index is 0.161. The number of aryl methyl sites for hydroxylation is 1. The van der Waals surface area contributed by atoms with Gasteiger partial charge in [-0.15, -0.1) is 0 Å². The number of hydrazone groups is 1. The maximum absolute atomic E-state index is 12.8. The fourth-order valence-electron chi connectivity index (χ4n) is 3.31. The molecule has 0 aliphatic carbocycles. The SMILES string of the molecule is CCCCCn1nc(C(=O)N/N=C\c2cnc3ccccc3n2)c2ccccc2c1=O. The lowest BCUT2D eigenvalue weighted by atomic mass is 10.1. The van der Waals surface area contributed by atoms with E-state index in [0.717, 1.165) is 30.3 Å². The first-order chi connectivity index (χ1) is 15.2. The Morgan fingerprint density at radius 1 is 1.06 bits per heavy atom. The molecule has 0 fully saturated rings. The molecule has 0 unspecified atom stereocenters. The Labute approximate surface area is 178 Å². The fourth-order valence-corrected chi connectivity index (χ4v) is 3.31. The van der Waals surface area contributed by atoms with Crippen LogP contribution in [0.15, 0.2) is 64.6 Å². The average molecular weight is 414 g/mol. The molecule has 0 saturated heterocycles. The number of hydrogen-bond acceptors (Lipinski definition) is 6. The van der Waals surface area contributed by atoms with E-state index in [2.05, 4.69) is 32.5 Å². The topological polar surface area (TPSA) is 102 Å². The summed E-state index contributed by atoms with van der Waals surface area (Å²) in [4.78, 5) is 34.3. The zero-order chi connectivity index (χ0) is 21.6. The van der Waals surface area contributed by atoms with Crippen LogP contribution in [0.2, 0.25) is 0 Å². The molecular weight excluding hydrogens is 392 g/mol. The van der Waals surface area contributed by atoms with Gasteiger partial charge in [0.25, 0.3) is 11.5 Å². The van der Waals surface area contributed by atoms with Crippen molar-refractivity contribution in [2.45, 2.75) is 32.7 Å². The number of aromatic nitrogens is 4. The van der Waals surface area contributed by atoms with Crippen LogP contribution in [0.4, 0.5) is 0 Å². The standard InChI is InChI=1S/C23H22N6O2/c1-2-3-8-13-29-23(31)18-10-5-4-9-17(18)21(28-29)22(30)27-25-15-16-14-24-19-11-6-7-12-20(19)26-16/h4-7,9-12,14-15H,2-3,8,13H2,1H3,(H,27,30)/b25-15-. The first-order valence-corrected chi connectivity index (χ1v) is 10.2. The van der Waals surface area contributed by atoms with Crippen molar-refractivity contribution >= 4 is 33.9 Å². The maximum Gasteiger partial charge on any atom is 0.292 e. The number of benzene rings is 2. The van der Waals surface area contributed by atoms with E-state index in [0.29, 0.717) is 23.0 Å². The van der Waals surface area contributed by atoms with E-state index in [9.17, 15) is 9.59 Å². The van der Waals surface area contributed by atoms with Crippen LogP contribution < -0.4 is 11.0 Å². The van der Waals surface area contributed by atoms with E-state index in [-0.39, 0.29) is 11.3 Å². The van der Waals surface area contributed by atoms with Gasteiger partial charge in [0.15, 0.2) is 5.69 Å². The molecule has 8 heteroatoms. The van der Waals surface area contributed by atoms with Crippen molar-refractivity contribution in [1.29, 1.82) is 0 Å². The number of hydrogen-bond donors (Lipinski definition) is 1. The molecule has 0 aliphatic rings. The third-order valence-electron chi connectivity index (χ3n) is 4.89. The third-order valence-corrected chi connectivity index (χ3v) is 4.89. The molecule has 1 N–H and O–H groups in total. The Morgan fingerprint density at radius 2 is 1.81 bits per heavy atom. The zero-order valence-corrected chi connectivity index (χ0v) is 17.2. The summed E-state index contributed by atoms with van der Waals surface area (Å²) < 4.78 is 1.37. The molecule has 2 heterocycles. The highest BCUT2D eigenvalue weighted by atomic mass is 16.2. The van der Waals surface area contributed by atoms with Gasteiger partial charge in [0.2, 0.25) is 0 Å². The molecule has 1 amide bonds. The Morgan fingerprint density at radius 3 is 2.61 bits per heavy atom. The van der Waals surface area contributed by atoms with Crippen LogP contribution >= 0.6 is 0 Å². The second kappa shape index (κ2) is 9.25. The van der Waals surface area contributed by atoms with Gasteiger partial charge in [0, 0.05) is 11.9 Å². The zero-order valence-electron chi connectivity index (χ0n) is 17.2. The van der Waals surface area contributed by atoms with Gasteiger partial charge >= 0.3 is 0 Å². The number of unbranched alkanes of at least 4 members (excludes halogenated alkanes) is 2. The van der Waals surface area contributed by atoms with E-state index in [1.54, 1.807) is 30.5 Å². The lowest BCUT2D eigenvalue weighted by Gasteiger charge is -2.10. The van der Waals surface area contributed by atoms with Crippen LogP contribution in [0.1, 0.15) is 42.4 Å². The van der Waals surface area contributed by atoms with Crippen LogP contribution in [0.25, 0.3) is 21.8 Å². The number of rotatable bonds is 7. The van der Waals surface area contributed by atoms with Crippen molar-refractivity contribution in [2.24, 2.45) is 5.10 Å². The molecule has 2 aromatic heterocycles. The van der Waals surface area contributed by atoms with Crippen LogP contribution in [-0.4, -0.2) is 31.9 Å². The van der Waals surface area contributed by atoms with Gasteiger partial charge in [-0.3, -0.25) is 14.6 Å². The molecule has 2 aromatic carbocycles. The van der Waals surface area contributed by atoms with Crippen molar-refractivity contribution in [3.8, 4) is 0 Å². The van der Waals surface area contributed by atoms with E-state index in [4.69, 9.17) is 0 Å². The number of nitrogens with one attached hydrogen (secondary N) is 1. The summed E-state index contributed by atoms with van der Waals surface area (Å²) in [5.74, 6) is -0.495. The maximum atomic E-state index is 12.8. The first kappa shape index (κ1) is 20.3. The fraction of sp³-hybridized carbons (Fsp3) is 0.217. The lowest BCUT2D eigenvalue weighted by Crippen LogP contribution is -2.29. The molecule has 4 aromatic rings. The molecule has 0 saturated carbocycles. The summed E-state index contributed by atoms with van der Waals surface area (Å²) in [6.07, 6.45) is 5.85. The van der Waals surface area contributed by atoms with Crippen LogP contribution in [0.3, 0.4) is 0 Å². The Bertz CT molecular complexity index is 1330. The highest BCUT2D eigenvalue weighted by molar-refractivity contribution is 6.04. The molecule has 8 nitrogen and oxygen atoms in total. The van der Waals surface area contributed by atoms with Gasteiger partial charge in [0.1, 0.15) is 5.69 Å². The molecule has 0 aliphatic heterocycles. The second-order valence-corrected chi connectivity index (χ2v) is 7.11. The highest BCUT2D eigenvalue weighted by Gasteiger charge is 2.16. The average Bonchev–Trinajstić information content (AvgIpc) is 2.80. The lowest BCUT2D eigenvalue weighted by molar-refractivity contribution is 0.0949. The van der Waals surface area contributed by atoms with Gasteiger partial charge in [-0.1, -0.05) is 50.1 Å². The molecule has 0 bridgehead atoms. The molecule has 0 spiro atoms. The number of amides is 1. The van der Waals surface area contributed by atoms with Crippen LogP contribution in [-0.2, 0) is 6.54 Å². The molecular formula is C23H22N6O2. The Hall–Kier alpha value is -3.94. The normalized spacial score (nSPS) is 11.4. The van der Waals surface area contributed by atoms with Crippen molar-refractivity contribution in [3.05, 3.63) is 76.5 Å². The molecule has 0 radical (unpaired) electrons. The minimum atomic E-state index is -0.495. The summed E-state index contributed by atoms with van der Waals surface area (Å²) in [7, 11) is 0. The predicted molar refractivity (Wildman–Crippen MR) is 120 cm³/mol. The highest BCUT2D eigenvalue weighted by Crippen LogP contribution is 2.14. The van der Waals surface area contributed by atoms with Crippen LogP contribution in [0, 0.1) is 0 Å². The molecule has 4 rings (SSSR count). The van der Waals surface area contributed by atoms with Crippen molar-refractivity contribution in [3.63, 3.8) is 0 Å². The van der Waals surface area contributed by atoms with E-state index >= 15 is 0 Å². The number of para-hydroxylation sites is 2. The Kier molecular flexibility index (Phi) is 6.07. The third kappa shape index (κ3) is 4.48. The largest absolute Gasteiger partial charge is 0.292 e. The van der Waals surface area contributed by atoms with Gasteiger partial charge < -0.3 is 0 Å². The summed E-state index contributed by atoms with van der Waals surface area (Å²) in [6, 6.07) is 14.5. The van der Waals surface area contributed by atoms with E-state index < -0.39 is 5.91 Å². The van der Waals surface area contributed by atoms with Gasteiger partial charge in [0.05, 0.1) is 28.8 Å². The summed E-state index contributed by atoms with van der Waals surface area (Å²) in [5, 5.41) is 9.29. The molecule has 0 atom stereocenters. The van der Waals surface area contributed by atoms with Crippen molar-refractivity contribution in [2.75, 3.05) is 0 Å². The molecule has 31 heavy (non-hydrogen) atoms. The van der Waals surface area contributed by atoms with Crippen molar-refractivity contribution in [1.82, 2.24) is 25.2 Å². The van der Waals surface area contributed by atoms with Gasteiger partial charge in [-0.25, -0.2) is 15.1 Å². The van der Waals surface area contributed by atoms with Gasteiger partial charge in [-0.05, 0) is 24.6 Å². The number of carbonyl (C=O) groups excluding carboxylic acids is 1. The molecule has 156 valence electrons. The summed E-state index contributed by atoms with van der Waals surface area (Å²) in [5.41, 5.74) is 4.49. The van der Waals surface area contributed by atoms with Gasteiger partial charge in [-0.2, -0.15) is 10.2 Å². The number of fused-ring (bicyclic) bond motifs is 2. The first-order valence-electron chi connectivity index (χ1n) is 10.2. The quantitative estimate of drug-likeness (QED) is 0.284. The number of nitrogens with zero attached hydrogens (tertiary/aromatic N) is 5. The summed E-state index contributed by atoms with van der Waals surface area (Å²) >= 11 is 0. The summed E-state index contributed by atoms with van der Waals surface area (Å²) in [6.45, 7) is 2.56. The second-order valence-electron chi connectivity index (χ2n) is 7.11. The minimum Gasteiger partial charge on any atom is -0.267 e. The van der Waals surface area contributed by atoms with Crippen molar-refractivity contribution < 1.29 is 4.79 Å².